The van der Waals surface area contributed by atoms with E-state index >= 15 is 0 Å². The van der Waals surface area contributed by atoms with Gasteiger partial charge >= 0.3 is 0 Å². The first-order chi connectivity index (χ1) is 13.9. The Morgan fingerprint density at radius 2 is 1.93 bits per heavy atom. The zero-order chi connectivity index (χ0) is 20.8. The quantitative estimate of drug-likeness (QED) is 0.487. The number of aromatic nitrogens is 4. The lowest BCUT2D eigenvalue weighted by Crippen LogP contribution is -2.19. The van der Waals surface area contributed by atoms with Gasteiger partial charge in [-0.25, -0.2) is 4.98 Å². The number of anilines is 1. The lowest BCUT2D eigenvalue weighted by molar-refractivity contribution is 0.740. The molecule has 0 spiro atoms. The monoisotopic (exact) mass is 455 g/mol. The second-order valence-electron chi connectivity index (χ2n) is 7.27. The Balaban J connectivity index is 1.51. The second kappa shape index (κ2) is 9.78. The third-order valence-electron chi connectivity index (χ3n) is 5.01. The van der Waals surface area contributed by atoms with E-state index in [4.69, 9.17) is 0 Å². The minimum Gasteiger partial charge on any atom is -0.356 e. The fourth-order valence-corrected chi connectivity index (χ4v) is 3.62. The topological polar surface area (TPSA) is 83.6 Å². The molecule has 29 heavy (non-hydrogen) atoms. The molecule has 0 amide bonds. The molecule has 0 saturated heterocycles. The summed E-state index contributed by atoms with van der Waals surface area (Å²) < 4.78 is 1.01. The van der Waals surface area contributed by atoms with Crippen LogP contribution in [0.5, 0.6) is 0 Å². The van der Waals surface area contributed by atoms with Crippen molar-refractivity contribution in [3.05, 3.63) is 79.7 Å². The van der Waals surface area contributed by atoms with E-state index in [0.29, 0.717) is 11.5 Å². The van der Waals surface area contributed by atoms with Crippen LogP contribution < -0.4 is 10.9 Å². The van der Waals surface area contributed by atoms with Crippen molar-refractivity contribution >= 4 is 21.9 Å². The fraction of sp³-hybridized carbons (Fsp3) is 0.364. The van der Waals surface area contributed by atoms with Gasteiger partial charge in [-0.1, -0.05) is 13.0 Å². The van der Waals surface area contributed by atoms with Gasteiger partial charge in [0.15, 0.2) is 0 Å². The number of aromatic amines is 1. The van der Waals surface area contributed by atoms with Gasteiger partial charge in [-0.3, -0.25) is 19.7 Å². The smallest absolute Gasteiger partial charge is 0.256 e. The maximum atomic E-state index is 12.5. The third-order valence-corrected chi connectivity index (χ3v) is 5.45. The van der Waals surface area contributed by atoms with Crippen LogP contribution in [-0.2, 0) is 6.42 Å². The predicted molar refractivity (Wildman–Crippen MR) is 119 cm³/mol. The van der Waals surface area contributed by atoms with Crippen molar-refractivity contribution in [1.82, 2.24) is 19.9 Å². The number of H-pyrrole nitrogens is 1. The Morgan fingerprint density at radius 3 is 2.62 bits per heavy atom. The molecule has 7 heteroatoms. The molecule has 1 atom stereocenters. The van der Waals surface area contributed by atoms with Gasteiger partial charge in [0.1, 0.15) is 0 Å². The number of hydrogen-bond acceptors (Lipinski definition) is 5. The van der Waals surface area contributed by atoms with Crippen LogP contribution in [0, 0.1) is 13.8 Å². The summed E-state index contributed by atoms with van der Waals surface area (Å²) in [6.45, 7) is 6.76. The standard InChI is InChI=1S/C22H26BrN5O/c1-14-10-18(23)12-26-20(14)6-4-5-9-24-22-27-13-19(21(29)28-22)16(3)17-8-7-15(2)25-11-17/h7-8,10-13,16H,4-6,9H2,1-3H3,(H2,24,27,28,29). The Kier molecular flexibility index (Phi) is 7.14. The van der Waals surface area contributed by atoms with Crippen LogP contribution in [-0.4, -0.2) is 26.5 Å². The van der Waals surface area contributed by atoms with Crippen molar-refractivity contribution in [2.24, 2.45) is 0 Å². The maximum absolute atomic E-state index is 12.5. The molecule has 0 aliphatic heterocycles. The van der Waals surface area contributed by atoms with E-state index in [1.165, 1.54) is 5.56 Å². The minimum absolute atomic E-state index is 0.0601. The third kappa shape index (κ3) is 5.73. The Hall–Kier alpha value is -2.54. The summed E-state index contributed by atoms with van der Waals surface area (Å²) in [6.07, 6.45) is 8.22. The van der Waals surface area contributed by atoms with Crippen LogP contribution in [0.2, 0.25) is 0 Å². The Labute approximate surface area is 179 Å². The largest absolute Gasteiger partial charge is 0.356 e. The average Bonchev–Trinajstić information content (AvgIpc) is 2.69. The van der Waals surface area contributed by atoms with E-state index in [0.717, 1.165) is 47.2 Å². The highest BCUT2D eigenvalue weighted by molar-refractivity contribution is 9.10. The molecular weight excluding hydrogens is 430 g/mol. The Bertz CT molecular complexity index is 1020. The molecule has 1 unspecified atom stereocenters. The SMILES string of the molecule is Cc1ccc(C(C)c2cnc(NCCCCc3ncc(Br)cc3C)[nH]c2=O)cn1. The Morgan fingerprint density at radius 1 is 1.10 bits per heavy atom. The summed E-state index contributed by atoms with van der Waals surface area (Å²) >= 11 is 3.44. The van der Waals surface area contributed by atoms with E-state index in [-0.39, 0.29) is 11.5 Å². The highest BCUT2D eigenvalue weighted by Crippen LogP contribution is 2.20. The lowest BCUT2D eigenvalue weighted by atomic mass is 9.96. The molecule has 2 N–H and O–H groups in total. The van der Waals surface area contributed by atoms with Gasteiger partial charge in [-0.2, -0.15) is 0 Å². The number of unbranched alkanes of at least 4 members (excludes halogenated alkanes) is 1. The first kappa shape index (κ1) is 21.2. The van der Waals surface area contributed by atoms with Crippen LogP contribution >= 0.6 is 15.9 Å². The van der Waals surface area contributed by atoms with Gasteiger partial charge in [0.05, 0.1) is 0 Å². The summed E-state index contributed by atoms with van der Waals surface area (Å²) in [5.74, 6) is 0.445. The van der Waals surface area contributed by atoms with E-state index in [9.17, 15) is 4.79 Å². The van der Waals surface area contributed by atoms with E-state index < -0.39 is 0 Å². The van der Waals surface area contributed by atoms with Crippen molar-refractivity contribution in [1.29, 1.82) is 0 Å². The van der Waals surface area contributed by atoms with Gasteiger partial charge in [0.2, 0.25) is 5.95 Å². The van der Waals surface area contributed by atoms with Crippen molar-refractivity contribution in [2.75, 3.05) is 11.9 Å². The average molecular weight is 456 g/mol. The van der Waals surface area contributed by atoms with Crippen molar-refractivity contribution in [3.8, 4) is 0 Å². The first-order valence-corrected chi connectivity index (χ1v) is 10.6. The van der Waals surface area contributed by atoms with Gasteiger partial charge in [-0.15, -0.1) is 0 Å². The number of nitrogens with one attached hydrogen (secondary N) is 2. The van der Waals surface area contributed by atoms with E-state index in [1.54, 1.807) is 6.20 Å². The predicted octanol–water partition coefficient (Wildman–Crippen LogP) is 4.53. The van der Waals surface area contributed by atoms with Gasteiger partial charge in [-0.05, 0) is 72.3 Å². The molecule has 0 saturated carbocycles. The molecule has 0 fully saturated rings. The van der Waals surface area contributed by atoms with Gasteiger partial charge < -0.3 is 5.32 Å². The first-order valence-electron chi connectivity index (χ1n) is 9.80. The summed E-state index contributed by atoms with van der Waals surface area (Å²) in [4.78, 5) is 28.5. The lowest BCUT2D eigenvalue weighted by Gasteiger charge is -2.12. The fourth-order valence-electron chi connectivity index (χ4n) is 3.17. The molecular formula is C22H26BrN5O. The molecule has 0 aromatic carbocycles. The number of rotatable bonds is 8. The molecule has 6 nitrogen and oxygen atoms in total. The van der Waals surface area contributed by atoms with Crippen molar-refractivity contribution < 1.29 is 0 Å². The van der Waals surface area contributed by atoms with Gasteiger partial charge in [0, 0.05) is 52.5 Å². The zero-order valence-electron chi connectivity index (χ0n) is 17.0. The van der Waals surface area contributed by atoms with Crippen LogP contribution in [0.3, 0.4) is 0 Å². The molecule has 0 bridgehead atoms. The highest BCUT2D eigenvalue weighted by Gasteiger charge is 2.13. The van der Waals surface area contributed by atoms with Crippen LogP contribution in [0.15, 0.2) is 46.1 Å². The molecule has 0 aliphatic rings. The number of nitrogens with zero attached hydrogens (tertiary/aromatic N) is 3. The molecule has 3 aromatic heterocycles. The number of pyridine rings is 2. The molecule has 3 heterocycles. The number of hydrogen-bond donors (Lipinski definition) is 2. The summed E-state index contributed by atoms with van der Waals surface area (Å²) in [6, 6.07) is 6.04. The molecule has 152 valence electrons. The second-order valence-corrected chi connectivity index (χ2v) is 8.19. The van der Waals surface area contributed by atoms with Crippen molar-refractivity contribution in [3.63, 3.8) is 0 Å². The molecule has 3 rings (SSSR count). The molecule has 3 aromatic rings. The number of halogens is 1. The van der Waals surface area contributed by atoms with Crippen LogP contribution in [0.1, 0.15) is 53.8 Å². The van der Waals surface area contributed by atoms with Crippen LogP contribution in [0.25, 0.3) is 0 Å². The maximum Gasteiger partial charge on any atom is 0.256 e. The van der Waals surface area contributed by atoms with E-state index in [1.807, 2.05) is 38.4 Å². The molecule has 0 radical (unpaired) electrons. The zero-order valence-corrected chi connectivity index (χ0v) is 18.6. The van der Waals surface area contributed by atoms with E-state index in [2.05, 4.69) is 54.2 Å². The van der Waals surface area contributed by atoms with Gasteiger partial charge in [0.25, 0.3) is 5.56 Å². The number of aryl methyl sites for hydroxylation is 3. The van der Waals surface area contributed by atoms with Crippen molar-refractivity contribution in [2.45, 2.75) is 46.0 Å². The molecule has 0 aliphatic carbocycles. The normalized spacial score (nSPS) is 12.0. The highest BCUT2D eigenvalue weighted by atomic mass is 79.9. The van der Waals surface area contributed by atoms with Crippen LogP contribution in [0.4, 0.5) is 5.95 Å². The summed E-state index contributed by atoms with van der Waals surface area (Å²) in [5.41, 5.74) is 4.80. The summed E-state index contributed by atoms with van der Waals surface area (Å²) in [5, 5.41) is 3.20. The summed E-state index contributed by atoms with van der Waals surface area (Å²) in [7, 11) is 0. The minimum atomic E-state index is -0.120.